The lowest BCUT2D eigenvalue weighted by Gasteiger charge is -2.21. The molecule has 1 aromatic heterocycles. The summed E-state index contributed by atoms with van der Waals surface area (Å²) in [4.78, 5) is 16.9. The highest BCUT2D eigenvalue weighted by Crippen LogP contribution is 2.35. The molecule has 1 aliphatic rings. The molecule has 0 aromatic carbocycles. The maximum absolute atomic E-state index is 12.6. The molecule has 1 aromatic rings. The number of hydrogen-bond donors (Lipinski definition) is 0. The second-order valence-electron chi connectivity index (χ2n) is 5.31. The first-order chi connectivity index (χ1) is 8.52. The molecule has 98 valence electrons. The number of aromatic nitrogens is 1. The Kier molecular flexibility index (Phi) is 3.81. The summed E-state index contributed by atoms with van der Waals surface area (Å²) in [6, 6.07) is 5.70. The Bertz CT molecular complexity index is 418. The molecule has 1 saturated heterocycles. The molecule has 0 bridgehead atoms. The molecule has 2 rings (SSSR count). The average molecular weight is 247 g/mol. The number of nitrogens with zero attached hydrogens (tertiary/aromatic N) is 1. The number of rotatable bonds is 3. The van der Waals surface area contributed by atoms with Crippen molar-refractivity contribution in [3.63, 3.8) is 0 Å². The summed E-state index contributed by atoms with van der Waals surface area (Å²) in [5.41, 5.74) is 0.849. The third-order valence-corrected chi connectivity index (χ3v) is 4.13. The number of ether oxygens (including phenoxy) is 1. The molecule has 5 atom stereocenters. The van der Waals surface area contributed by atoms with Gasteiger partial charge in [0.15, 0.2) is 0 Å². The Morgan fingerprint density at radius 3 is 2.50 bits per heavy atom. The monoisotopic (exact) mass is 247 g/mol. The topological polar surface area (TPSA) is 39.2 Å². The van der Waals surface area contributed by atoms with Gasteiger partial charge in [-0.2, -0.15) is 0 Å². The zero-order valence-electron chi connectivity index (χ0n) is 11.5. The maximum atomic E-state index is 12.6. The minimum atomic E-state index is -0.157. The number of carbonyl (C=O) groups excluding carboxylic acids is 1. The van der Waals surface area contributed by atoms with E-state index >= 15 is 0 Å². The van der Waals surface area contributed by atoms with Gasteiger partial charge in [-0.25, -0.2) is 0 Å². The highest BCUT2D eigenvalue weighted by molar-refractivity contribution is 5.88. The maximum Gasteiger partial charge on any atom is 0.147 e. The van der Waals surface area contributed by atoms with Crippen LogP contribution in [-0.4, -0.2) is 23.0 Å². The number of Topliss-reactive ketones (excluding diaryl/α,β-unsaturated/α-hetero) is 1. The van der Waals surface area contributed by atoms with Crippen molar-refractivity contribution in [1.29, 1.82) is 0 Å². The fourth-order valence-electron chi connectivity index (χ4n) is 2.82. The predicted octanol–water partition coefficient (Wildman–Crippen LogP) is 2.81. The van der Waals surface area contributed by atoms with E-state index in [-0.39, 0.29) is 35.7 Å². The van der Waals surface area contributed by atoms with Crippen LogP contribution in [0.1, 0.15) is 39.3 Å². The lowest BCUT2D eigenvalue weighted by molar-refractivity contribution is -0.126. The summed E-state index contributed by atoms with van der Waals surface area (Å²) in [7, 11) is 0. The van der Waals surface area contributed by atoms with Crippen LogP contribution in [0.3, 0.4) is 0 Å². The Morgan fingerprint density at radius 1 is 1.28 bits per heavy atom. The van der Waals surface area contributed by atoms with Crippen molar-refractivity contribution in [2.45, 2.75) is 45.8 Å². The molecule has 0 aliphatic carbocycles. The van der Waals surface area contributed by atoms with Crippen molar-refractivity contribution in [2.24, 2.45) is 11.8 Å². The van der Waals surface area contributed by atoms with E-state index in [1.165, 1.54) is 0 Å². The van der Waals surface area contributed by atoms with Gasteiger partial charge in [0.2, 0.25) is 0 Å². The first kappa shape index (κ1) is 13.2. The first-order valence-electron chi connectivity index (χ1n) is 6.62. The van der Waals surface area contributed by atoms with Crippen LogP contribution in [0.5, 0.6) is 0 Å². The van der Waals surface area contributed by atoms with Gasteiger partial charge in [-0.1, -0.05) is 13.0 Å². The molecule has 5 unspecified atom stereocenters. The largest absolute Gasteiger partial charge is 0.375 e. The second-order valence-corrected chi connectivity index (χ2v) is 5.31. The summed E-state index contributed by atoms with van der Waals surface area (Å²) in [6.45, 7) is 8.07. The summed E-state index contributed by atoms with van der Waals surface area (Å²) in [6.07, 6.45) is 1.90. The highest BCUT2D eigenvalue weighted by atomic mass is 16.5. The molecule has 1 fully saturated rings. The van der Waals surface area contributed by atoms with Crippen molar-refractivity contribution in [2.75, 3.05) is 0 Å². The van der Waals surface area contributed by atoms with E-state index in [9.17, 15) is 4.79 Å². The lowest BCUT2D eigenvalue weighted by atomic mass is 9.80. The Balaban J connectivity index is 2.17. The summed E-state index contributed by atoms with van der Waals surface area (Å²) < 4.78 is 5.75. The zero-order chi connectivity index (χ0) is 13.3. The van der Waals surface area contributed by atoms with Crippen molar-refractivity contribution in [3.05, 3.63) is 30.1 Å². The normalized spacial score (nSPS) is 33.3. The zero-order valence-corrected chi connectivity index (χ0v) is 11.5. The molecule has 3 nitrogen and oxygen atoms in total. The van der Waals surface area contributed by atoms with E-state index in [4.69, 9.17) is 4.74 Å². The van der Waals surface area contributed by atoms with E-state index in [0.717, 1.165) is 5.69 Å². The molecular weight excluding hydrogens is 226 g/mol. The summed E-state index contributed by atoms with van der Waals surface area (Å²) in [5, 5.41) is 0. The van der Waals surface area contributed by atoms with Crippen molar-refractivity contribution in [1.82, 2.24) is 4.98 Å². The van der Waals surface area contributed by atoms with Gasteiger partial charge in [0.05, 0.1) is 23.8 Å². The SMILES string of the molecule is CC(C(=O)C1C(C)OC(C)C1C)c1ccccn1. The van der Waals surface area contributed by atoms with Crippen molar-refractivity contribution in [3.8, 4) is 0 Å². The molecule has 18 heavy (non-hydrogen) atoms. The third kappa shape index (κ3) is 2.32. The van der Waals surface area contributed by atoms with Crippen molar-refractivity contribution >= 4 is 5.78 Å². The molecule has 0 saturated carbocycles. The molecule has 2 heterocycles. The number of ketones is 1. The molecule has 3 heteroatoms. The standard InChI is InChI=1S/C15H21NO2/c1-9-11(3)18-12(4)14(9)15(17)10(2)13-7-5-6-8-16-13/h5-12,14H,1-4H3. The number of pyridine rings is 1. The van der Waals surface area contributed by atoms with E-state index in [1.54, 1.807) is 6.20 Å². The van der Waals surface area contributed by atoms with Crippen LogP contribution in [0.25, 0.3) is 0 Å². The van der Waals surface area contributed by atoms with E-state index in [2.05, 4.69) is 11.9 Å². The smallest absolute Gasteiger partial charge is 0.147 e. The van der Waals surface area contributed by atoms with Gasteiger partial charge in [-0.3, -0.25) is 9.78 Å². The van der Waals surface area contributed by atoms with Gasteiger partial charge < -0.3 is 4.74 Å². The summed E-state index contributed by atoms with van der Waals surface area (Å²) in [5.74, 6) is 0.351. The predicted molar refractivity (Wildman–Crippen MR) is 70.3 cm³/mol. The average Bonchev–Trinajstić information content (AvgIpc) is 2.63. The quantitative estimate of drug-likeness (QED) is 0.824. The second kappa shape index (κ2) is 5.19. The molecule has 0 N–H and O–H groups in total. The lowest BCUT2D eigenvalue weighted by Crippen LogP contribution is -2.30. The molecule has 0 radical (unpaired) electrons. The van der Waals surface area contributed by atoms with E-state index < -0.39 is 0 Å². The fourth-order valence-corrected chi connectivity index (χ4v) is 2.82. The van der Waals surface area contributed by atoms with Gasteiger partial charge >= 0.3 is 0 Å². The van der Waals surface area contributed by atoms with Crippen molar-refractivity contribution < 1.29 is 9.53 Å². The van der Waals surface area contributed by atoms with Crippen LogP contribution in [0.2, 0.25) is 0 Å². The Hall–Kier alpha value is -1.22. The van der Waals surface area contributed by atoms with Gasteiger partial charge in [-0.05, 0) is 38.8 Å². The van der Waals surface area contributed by atoms with Crippen LogP contribution in [0.15, 0.2) is 24.4 Å². The van der Waals surface area contributed by atoms with Gasteiger partial charge in [0.1, 0.15) is 5.78 Å². The highest BCUT2D eigenvalue weighted by Gasteiger charge is 2.43. The third-order valence-electron chi connectivity index (χ3n) is 4.13. The number of carbonyl (C=O) groups is 1. The minimum Gasteiger partial charge on any atom is -0.375 e. The minimum absolute atomic E-state index is 0.00802. The van der Waals surface area contributed by atoms with E-state index in [1.807, 2.05) is 39.0 Å². The molecule has 1 aliphatic heterocycles. The Labute approximate surface area is 109 Å². The number of hydrogen-bond acceptors (Lipinski definition) is 3. The van der Waals surface area contributed by atoms with Crippen LogP contribution in [0.4, 0.5) is 0 Å². The van der Waals surface area contributed by atoms with Gasteiger partial charge in [0, 0.05) is 12.1 Å². The van der Waals surface area contributed by atoms with Crippen LogP contribution in [0, 0.1) is 11.8 Å². The molecule has 0 amide bonds. The van der Waals surface area contributed by atoms with Gasteiger partial charge in [-0.15, -0.1) is 0 Å². The Morgan fingerprint density at radius 2 is 2.00 bits per heavy atom. The van der Waals surface area contributed by atoms with Crippen LogP contribution < -0.4 is 0 Å². The van der Waals surface area contributed by atoms with Crippen LogP contribution >= 0.6 is 0 Å². The fraction of sp³-hybridized carbons (Fsp3) is 0.600. The molecule has 0 spiro atoms. The first-order valence-corrected chi connectivity index (χ1v) is 6.62. The summed E-state index contributed by atoms with van der Waals surface area (Å²) >= 11 is 0. The molecular formula is C15H21NO2. The van der Waals surface area contributed by atoms with Gasteiger partial charge in [0.25, 0.3) is 0 Å². The van der Waals surface area contributed by atoms with E-state index in [0.29, 0.717) is 0 Å². The van der Waals surface area contributed by atoms with Crippen LogP contribution in [-0.2, 0) is 9.53 Å².